The molecule has 2 aromatic rings. The van der Waals surface area contributed by atoms with Crippen molar-refractivity contribution in [2.45, 2.75) is 13.3 Å². The van der Waals surface area contributed by atoms with Crippen molar-refractivity contribution in [1.29, 1.82) is 0 Å². The number of rotatable bonds is 4. The topological polar surface area (TPSA) is 37.3 Å². The van der Waals surface area contributed by atoms with Gasteiger partial charge in [0, 0.05) is 11.6 Å². The van der Waals surface area contributed by atoms with E-state index in [9.17, 15) is 9.18 Å². The Hall–Kier alpha value is -2.42. The van der Waals surface area contributed by atoms with E-state index in [1.165, 1.54) is 12.1 Å². The molecule has 102 valence electrons. The van der Waals surface area contributed by atoms with E-state index in [1.807, 2.05) is 24.3 Å². The van der Waals surface area contributed by atoms with E-state index in [1.54, 1.807) is 25.1 Å². The average molecular weight is 270 g/mol. The smallest absolute Gasteiger partial charge is 0.328 e. The van der Waals surface area contributed by atoms with Crippen LogP contribution in [-0.4, -0.2) is 11.1 Å². The average Bonchev–Trinajstić information content (AvgIpc) is 2.39. The second kappa shape index (κ2) is 6.15. The highest BCUT2D eigenvalue weighted by Crippen LogP contribution is 2.23. The number of hydrogen-bond acceptors (Lipinski definition) is 1. The first kappa shape index (κ1) is 14.0. The number of benzene rings is 2. The normalized spacial score (nSPS) is 11.4. The molecule has 0 aliphatic rings. The Morgan fingerprint density at radius 2 is 1.80 bits per heavy atom. The minimum atomic E-state index is -0.939. The van der Waals surface area contributed by atoms with Gasteiger partial charge in [0.05, 0.1) is 0 Å². The molecule has 0 heterocycles. The van der Waals surface area contributed by atoms with Gasteiger partial charge in [-0.3, -0.25) is 0 Å². The van der Waals surface area contributed by atoms with Gasteiger partial charge in [-0.25, -0.2) is 9.18 Å². The molecular weight excluding hydrogens is 255 g/mol. The zero-order valence-corrected chi connectivity index (χ0v) is 11.1. The molecule has 2 nitrogen and oxygen atoms in total. The van der Waals surface area contributed by atoms with Gasteiger partial charge in [-0.2, -0.15) is 0 Å². The fourth-order valence-corrected chi connectivity index (χ4v) is 2.08. The first-order valence-corrected chi connectivity index (χ1v) is 6.30. The van der Waals surface area contributed by atoms with E-state index < -0.39 is 5.97 Å². The maximum absolute atomic E-state index is 13.7. The standard InChI is InChI=1S/C17H15FO2/c1-12(11-17(19)20)10-13-6-8-14(9-7-13)15-4-2-3-5-16(15)18/h2-9,11H,10H2,1H3,(H,19,20)/b12-11+. The van der Waals surface area contributed by atoms with Crippen molar-refractivity contribution in [2.75, 3.05) is 0 Å². The molecule has 0 saturated carbocycles. The van der Waals surface area contributed by atoms with Gasteiger partial charge in [0.1, 0.15) is 5.82 Å². The van der Waals surface area contributed by atoms with E-state index in [2.05, 4.69) is 0 Å². The van der Waals surface area contributed by atoms with E-state index in [-0.39, 0.29) is 5.82 Å². The van der Waals surface area contributed by atoms with Gasteiger partial charge in [-0.05, 0) is 30.5 Å². The minimum absolute atomic E-state index is 0.248. The van der Waals surface area contributed by atoms with Crippen LogP contribution < -0.4 is 0 Å². The van der Waals surface area contributed by atoms with Crippen molar-refractivity contribution in [3.05, 3.63) is 71.6 Å². The fourth-order valence-electron chi connectivity index (χ4n) is 2.08. The summed E-state index contributed by atoms with van der Waals surface area (Å²) in [4.78, 5) is 10.6. The first-order chi connectivity index (χ1) is 9.56. The number of allylic oxidation sites excluding steroid dienone is 1. The molecule has 0 aliphatic heterocycles. The van der Waals surface area contributed by atoms with E-state index in [0.29, 0.717) is 12.0 Å². The summed E-state index contributed by atoms with van der Waals surface area (Å²) in [6.07, 6.45) is 1.77. The van der Waals surface area contributed by atoms with Crippen LogP contribution in [0.15, 0.2) is 60.2 Å². The molecule has 0 bridgehead atoms. The summed E-state index contributed by atoms with van der Waals surface area (Å²) in [6, 6.07) is 14.1. The van der Waals surface area contributed by atoms with Crippen LogP contribution in [0.3, 0.4) is 0 Å². The lowest BCUT2D eigenvalue weighted by molar-refractivity contribution is -0.131. The maximum atomic E-state index is 13.7. The summed E-state index contributed by atoms with van der Waals surface area (Å²) in [5, 5.41) is 8.67. The Labute approximate surface area is 117 Å². The number of carbonyl (C=O) groups is 1. The van der Waals surface area contributed by atoms with Crippen molar-refractivity contribution < 1.29 is 14.3 Å². The Balaban J connectivity index is 2.19. The molecule has 0 amide bonds. The maximum Gasteiger partial charge on any atom is 0.328 e. The summed E-state index contributed by atoms with van der Waals surface area (Å²) in [5.41, 5.74) is 3.15. The van der Waals surface area contributed by atoms with Crippen LogP contribution in [0.1, 0.15) is 12.5 Å². The van der Waals surface area contributed by atoms with Crippen LogP contribution in [0.5, 0.6) is 0 Å². The van der Waals surface area contributed by atoms with Crippen molar-refractivity contribution in [3.8, 4) is 11.1 Å². The number of hydrogen-bond donors (Lipinski definition) is 1. The molecule has 0 saturated heterocycles. The molecule has 3 heteroatoms. The SMILES string of the molecule is C/C(=C\C(=O)O)Cc1ccc(-c2ccccc2F)cc1. The Morgan fingerprint density at radius 3 is 2.40 bits per heavy atom. The van der Waals surface area contributed by atoms with Gasteiger partial charge in [0.15, 0.2) is 0 Å². The van der Waals surface area contributed by atoms with Gasteiger partial charge in [-0.15, -0.1) is 0 Å². The van der Waals surface area contributed by atoms with Crippen molar-refractivity contribution >= 4 is 5.97 Å². The molecule has 2 rings (SSSR count). The number of aliphatic carboxylic acids is 1. The summed E-state index contributed by atoms with van der Waals surface area (Å²) in [6.45, 7) is 1.78. The van der Waals surface area contributed by atoms with E-state index in [0.717, 1.165) is 16.7 Å². The monoisotopic (exact) mass is 270 g/mol. The lowest BCUT2D eigenvalue weighted by Gasteiger charge is -2.06. The lowest BCUT2D eigenvalue weighted by Crippen LogP contribution is -1.93. The summed E-state index contributed by atoms with van der Waals surface area (Å²) in [7, 11) is 0. The molecule has 2 aromatic carbocycles. The van der Waals surface area contributed by atoms with Gasteiger partial charge < -0.3 is 5.11 Å². The molecule has 0 aliphatic carbocycles. The number of carboxylic acid groups (broad SMARTS) is 1. The highest BCUT2D eigenvalue weighted by molar-refractivity contribution is 5.80. The second-order valence-electron chi connectivity index (χ2n) is 4.68. The molecule has 1 N–H and O–H groups in total. The molecular formula is C17H15FO2. The summed E-state index contributed by atoms with van der Waals surface area (Å²) >= 11 is 0. The van der Waals surface area contributed by atoms with Crippen LogP contribution in [-0.2, 0) is 11.2 Å². The highest BCUT2D eigenvalue weighted by atomic mass is 19.1. The third kappa shape index (κ3) is 3.54. The third-order valence-corrected chi connectivity index (χ3v) is 2.99. The molecule has 20 heavy (non-hydrogen) atoms. The molecule has 0 atom stereocenters. The zero-order valence-electron chi connectivity index (χ0n) is 11.1. The summed E-state index contributed by atoms with van der Waals surface area (Å²) in [5.74, 6) is -1.19. The van der Waals surface area contributed by atoms with Gasteiger partial charge in [0.25, 0.3) is 0 Å². The lowest BCUT2D eigenvalue weighted by atomic mass is 10.0. The van der Waals surface area contributed by atoms with E-state index >= 15 is 0 Å². The van der Waals surface area contributed by atoms with Crippen LogP contribution in [0.25, 0.3) is 11.1 Å². The Kier molecular flexibility index (Phi) is 4.31. The minimum Gasteiger partial charge on any atom is -0.478 e. The third-order valence-electron chi connectivity index (χ3n) is 2.99. The predicted octanol–water partition coefficient (Wildman–Crippen LogP) is 4.07. The molecule has 0 radical (unpaired) electrons. The van der Waals surface area contributed by atoms with Crippen LogP contribution in [0.2, 0.25) is 0 Å². The number of halogens is 1. The molecule has 0 aromatic heterocycles. The van der Waals surface area contributed by atoms with Crippen molar-refractivity contribution in [2.24, 2.45) is 0 Å². The molecule has 0 fully saturated rings. The van der Waals surface area contributed by atoms with Gasteiger partial charge >= 0.3 is 5.97 Å². The van der Waals surface area contributed by atoms with Gasteiger partial charge in [0.2, 0.25) is 0 Å². The summed E-state index contributed by atoms with van der Waals surface area (Å²) < 4.78 is 13.7. The quantitative estimate of drug-likeness (QED) is 0.850. The molecule has 0 unspecified atom stereocenters. The fraction of sp³-hybridized carbons (Fsp3) is 0.118. The number of carboxylic acids is 1. The van der Waals surface area contributed by atoms with Crippen LogP contribution in [0.4, 0.5) is 4.39 Å². The largest absolute Gasteiger partial charge is 0.478 e. The first-order valence-electron chi connectivity index (χ1n) is 6.30. The van der Waals surface area contributed by atoms with E-state index in [4.69, 9.17) is 5.11 Å². The zero-order chi connectivity index (χ0) is 14.5. The van der Waals surface area contributed by atoms with Crippen LogP contribution >= 0.6 is 0 Å². The Bertz CT molecular complexity index is 642. The highest BCUT2D eigenvalue weighted by Gasteiger charge is 2.04. The molecule has 0 spiro atoms. The van der Waals surface area contributed by atoms with Crippen LogP contribution in [0, 0.1) is 5.82 Å². The van der Waals surface area contributed by atoms with Gasteiger partial charge in [-0.1, -0.05) is 48.0 Å². The Morgan fingerprint density at radius 1 is 1.15 bits per heavy atom. The second-order valence-corrected chi connectivity index (χ2v) is 4.68. The van der Waals surface area contributed by atoms with Crippen molar-refractivity contribution in [1.82, 2.24) is 0 Å². The predicted molar refractivity (Wildman–Crippen MR) is 76.9 cm³/mol. The van der Waals surface area contributed by atoms with Crippen molar-refractivity contribution in [3.63, 3.8) is 0 Å².